The minimum atomic E-state index is 0.980. The third-order valence-corrected chi connectivity index (χ3v) is 3.33. The van der Waals surface area contributed by atoms with E-state index in [1.54, 1.807) is 6.08 Å². The maximum Gasteiger partial charge on any atom is 0.0918 e. The number of hydrogen-bond acceptors (Lipinski definition) is 1. The van der Waals surface area contributed by atoms with E-state index >= 15 is 0 Å². The summed E-state index contributed by atoms with van der Waals surface area (Å²) in [6.45, 7) is 4.28. The molecule has 0 aliphatic rings. The van der Waals surface area contributed by atoms with Gasteiger partial charge >= 0.3 is 0 Å². The summed E-state index contributed by atoms with van der Waals surface area (Å²) in [5, 5.41) is 9.00. The van der Waals surface area contributed by atoms with E-state index in [9.17, 15) is 0 Å². The average Bonchev–Trinajstić information content (AvgIpc) is 2.45. The summed E-state index contributed by atoms with van der Waals surface area (Å²) in [6.07, 6.45) is 2.66. The Bertz CT molecular complexity index is 630. The van der Waals surface area contributed by atoms with E-state index in [1.165, 1.54) is 11.1 Å². The predicted octanol–water partition coefficient (Wildman–Crippen LogP) is 4.51. The first-order valence-corrected chi connectivity index (χ1v) is 6.51. The Labute approximate surface area is 114 Å². The highest BCUT2D eigenvalue weighted by Crippen LogP contribution is 2.25. The van der Waals surface area contributed by atoms with Gasteiger partial charge in [0.25, 0.3) is 0 Å². The molecule has 0 saturated carbocycles. The van der Waals surface area contributed by atoms with E-state index in [0.717, 1.165) is 23.1 Å². The maximum absolute atomic E-state index is 9.00. The molecule has 2 aromatic carbocycles. The molecule has 0 spiro atoms. The molecule has 0 fully saturated rings. The maximum atomic E-state index is 9.00. The van der Waals surface area contributed by atoms with Crippen LogP contribution in [0.25, 0.3) is 5.57 Å². The minimum absolute atomic E-state index is 0.980. The van der Waals surface area contributed by atoms with E-state index < -0.39 is 0 Å². The first-order chi connectivity index (χ1) is 9.26. The Morgan fingerprint density at radius 1 is 1.11 bits per heavy atom. The topological polar surface area (TPSA) is 23.8 Å². The van der Waals surface area contributed by atoms with Gasteiger partial charge in [0.15, 0.2) is 0 Å². The first kappa shape index (κ1) is 13.1. The number of allylic oxidation sites excluding steroid dienone is 1. The van der Waals surface area contributed by atoms with Crippen molar-refractivity contribution in [3.8, 4) is 6.07 Å². The van der Waals surface area contributed by atoms with Crippen LogP contribution in [0.5, 0.6) is 0 Å². The van der Waals surface area contributed by atoms with Crippen molar-refractivity contribution in [2.24, 2.45) is 0 Å². The number of benzene rings is 2. The van der Waals surface area contributed by atoms with Gasteiger partial charge in [0.05, 0.1) is 6.07 Å². The lowest BCUT2D eigenvalue weighted by Gasteiger charge is -2.10. The first-order valence-electron chi connectivity index (χ1n) is 6.51. The summed E-state index contributed by atoms with van der Waals surface area (Å²) in [7, 11) is 0. The van der Waals surface area contributed by atoms with Crippen LogP contribution in [0, 0.1) is 18.3 Å². The lowest BCUT2D eigenvalue weighted by atomic mass is 9.94. The monoisotopic (exact) mass is 247 g/mol. The molecule has 0 N–H and O–H groups in total. The Balaban J connectivity index is 2.50. The van der Waals surface area contributed by atoms with Crippen molar-refractivity contribution in [1.82, 2.24) is 0 Å². The Morgan fingerprint density at radius 3 is 2.42 bits per heavy atom. The summed E-state index contributed by atoms with van der Waals surface area (Å²) in [5.74, 6) is 0. The van der Waals surface area contributed by atoms with Crippen LogP contribution < -0.4 is 0 Å². The van der Waals surface area contributed by atoms with Gasteiger partial charge in [0.1, 0.15) is 0 Å². The lowest BCUT2D eigenvalue weighted by molar-refractivity contribution is 1.11. The van der Waals surface area contributed by atoms with Gasteiger partial charge in [-0.15, -0.1) is 0 Å². The zero-order valence-electron chi connectivity index (χ0n) is 11.4. The van der Waals surface area contributed by atoms with Gasteiger partial charge in [-0.2, -0.15) is 5.26 Å². The minimum Gasteiger partial charge on any atom is -0.193 e. The molecule has 0 amide bonds. The molecule has 0 heterocycles. The van der Waals surface area contributed by atoms with E-state index in [2.05, 4.69) is 38.1 Å². The van der Waals surface area contributed by atoms with E-state index in [1.807, 2.05) is 30.3 Å². The molecule has 0 aliphatic carbocycles. The zero-order valence-corrected chi connectivity index (χ0v) is 11.4. The summed E-state index contributed by atoms with van der Waals surface area (Å²) < 4.78 is 0. The van der Waals surface area contributed by atoms with Crippen LogP contribution in [0.3, 0.4) is 0 Å². The molecule has 2 aromatic rings. The molecule has 1 nitrogen and oxygen atoms in total. The van der Waals surface area contributed by atoms with Crippen LogP contribution in [0.1, 0.15) is 29.2 Å². The molecule has 0 atom stereocenters. The Hall–Kier alpha value is -2.33. The molecular formula is C18H17N. The molecule has 94 valence electrons. The molecular weight excluding hydrogens is 230 g/mol. The number of nitrogens with zero attached hydrogens (tertiary/aromatic N) is 1. The van der Waals surface area contributed by atoms with Crippen LogP contribution in [-0.2, 0) is 6.42 Å². The third kappa shape index (κ3) is 2.92. The van der Waals surface area contributed by atoms with Gasteiger partial charge in [0, 0.05) is 6.08 Å². The van der Waals surface area contributed by atoms with Crippen LogP contribution >= 0.6 is 0 Å². The van der Waals surface area contributed by atoms with Crippen molar-refractivity contribution in [3.63, 3.8) is 0 Å². The summed E-state index contributed by atoms with van der Waals surface area (Å²) in [6, 6.07) is 18.6. The fraction of sp³-hybridized carbons (Fsp3) is 0.167. The number of aryl methyl sites for hydroxylation is 2. The van der Waals surface area contributed by atoms with Crippen LogP contribution in [0.4, 0.5) is 0 Å². The zero-order chi connectivity index (χ0) is 13.7. The largest absolute Gasteiger partial charge is 0.193 e. The summed E-state index contributed by atoms with van der Waals surface area (Å²) in [5.41, 5.74) is 5.79. The lowest BCUT2D eigenvalue weighted by Crippen LogP contribution is -1.92. The second-order valence-electron chi connectivity index (χ2n) is 4.55. The van der Waals surface area contributed by atoms with Crippen LogP contribution in [0.15, 0.2) is 54.6 Å². The molecule has 0 unspecified atom stereocenters. The van der Waals surface area contributed by atoms with Gasteiger partial charge in [-0.1, -0.05) is 55.5 Å². The smallest absolute Gasteiger partial charge is 0.0918 e. The standard InChI is InChI=1S/C18H17N/c1-3-15-9-10-17(13-14(15)2)18(11-12-19)16-7-5-4-6-8-16/h4-11,13H,3H2,1-2H3. The van der Waals surface area contributed by atoms with Crippen molar-refractivity contribution in [3.05, 3.63) is 76.9 Å². The fourth-order valence-electron chi connectivity index (χ4n) is 2.28. The van der Waals surface area contributed by atoms with E-state index in [-0.39, 0.29) is 0 Å². The molecule has 19 heavy (non-hydrogen) atoms. The number of rotatable bonds is 3. The van der Waals surface area contributed by atoms with Gasteiger partial charge < -0.3 is 0 Å². The second-order valence-corrected chi connectivity index (χ2v) is 4.55. The second kappa shape index (κ2) is 6.02. The van der Waals surface area contributed by atoms with Gasteiger partial charge in [-0.05, 0) is 41.2 Å². The molecule has 0 aliphatic heterocycles. The molecule has 1 heteroatoms. The van der Waals surface area contributed by atoms with Crippen molar-refractivity contribution in [1.29, 1.82) is 5.26 Å². The van der Waals surface area contributed by atoms with Crippen molar-refractivity contribution < 1.29 is 0 Å². The Kier molecular flexibility index (Phi) is 4.15. The molecule has 0 aromatic heterocycles. The summed E-state index contributed by atoms with van der Waals surface area (Å²) in [4.78, 5) is 0. The third-order valence-electron chi connectivity index (χ3n) is 3.33. The average molecular weight is 247 g/mol. The number of nitriles is 1. The summed E-state index contributed by atoms with van der Waals surface area (Å²) >= 11 is 0. The van der Waals surface area contributed by atoms with Crippen molar-refractivity contribution in [2.75, 3.05) is 0 Å². The highest BCUT2D eigenvalue weighted by molar-refractivity contribution is 5.81. The SMILES string of the molecule is CCc1ccc(C(=CC#N)c2ccccc2)cc1C. The van der Waals surface area contributed by atoms with Gasteiger partial charge in [-0.3, -0.25) is 0 Å². The van der Waals surface area contributed by atoms with Crippen molar-refractivity contribution >= 4 is 5.57 Å². The van der Waals surface area contributed by atoms with Gasteiger partial charge in [-0.25, -0.2) is 0 Å². The highest BCUT2D eigenvalue weighted by atomic mass is 14.2. The quantitative estimate of drug-likeness (QED) is 0.732. The van der Waals surface area contributed by atoms with Gasteiger partial charge in [0.2, 0.25) is 0 Å². The molecule has 0 saturated heterocycles. The van der Waals surface area contributed by atoms with Crippen molar-refractivity contribution in [2.45, 2.75) is 20.3 Å². The van der Waals surface area contributed by atoms with E-state index in [0.29, 0.717) is 0 Å². The van der Waals surface area contributed by atoms with E-state index in [4.69, 9.17) is 5.26 Å². The van der Waals surface area contributed by atoms with Crippen LogP contribution in [-0.4, -0.2) is 0 Å². The normalized spacial score (nSPS) is 11.1. The highest BCUT2D eigenvalue weighted by Gasteiger charge is 2.06. The fourth-order valence-corrected chi connectivity index (χ4v) is 2.28. The molecule has 2 rings (SSSR count). The predicted molar refractivity (Wildman–Crippen MR) is 79.7 cm³/mol. The van der Waals surface area contributed by atoms with Crippen LogP contribution in [0.2, 0.25) is 0 Å². The molecule has 0 bridgehead atoms. The molecule has 0 radical (unpaired) electrons. The number of hydrogen-bond donors (Lipinski definition) is 0. The Morgan fingerprint density at radius 2 is 1.84 bits per heavy atom.